The van der Waals surface area contributed by atoms with E-state index < -0.39 is 6.04 Å². The number of ether oxygens (including phenoxy) is 1. The molecular formula is C6H10N2O4. The summed E-state index contributed by atoms with van der Waals surface area (Å²) >= 11 is 0. The number of carbonyl (C=O) groups excluding carboxylic acids is 2. The van der Waals surface area contributed by atoms with Crippen molar-refractivity contribution >= 4 is 11.8 Å². The standard InChI is InChI=1S/C6H10N2O4/c1-11-3-5(9)7-4-2-12-8-6(4)10/h4H,2-3H2,1H3,(H,7,9)(H,8,10)/t4-/m1/s1. The number of methoxy groups -OCH3 is 1. The molecule has 0 bridgehead atoms. The Balaban J connectivity index is 2.30. The van der Waals surface area contributed by atoms with Crippen LogP contribution in [0.1, 0.15) is 0 Å². The first-order valence-electron chi connectivity index (χ1n) is 3.44. The fourth-order valence-corrected chi connectivity index (χ4v) is 0.817. The maximum atomic E-state index is 10.9. The van der Waals surface area contributed by atoms with Gasteiger partial charge in [0.1, 0.15) is 19.3 Å². The van der Waals surface area contributed by atoms with E-state index in [1.807, 2.05) is 0 Å². The highest BCUT2D eigenvalue weighted by Gasteiger charge is 2.26. The molecule has 6 heteroatoms. The van der Waals surface area contributed by atoms with Crippen LogP contribution >= 0.6 is 0 Å². The maximum Gasteiger partial charge on any atom is 0.268 e. The van der Waals surface area contributed by atoms with Gasteiger partial charge in [-0.2, -0.15) is 0 Å². The van der Waals surface area contributed by atoms with E-state index in [1.165, 1.54) is 7.11 Å². The van der Waals surface area contributed by atoms with Crippen molar-refractivity contribution in [1.29, 1.82) is 0 Å². The van der Waals surface area contributed by atoms with Crippen LogP contribution in [-0.2, 0) is 19.2 Å². The van der Waals surface area contributed by atoms with Crippen molar-refractivity contribution in [2.45, 2.75) is 6.04 Å². The number of hydrogen-bond donors (Lipinski definition) is 2. The summed E-state index contributed by atoms with van der Waals surface area (Å²) in [6.07, 6.45) is 0. The minimum atomic E-state index is -0.590. The van der Waals surface area contributed by atoms with Crippen molar-refractivity contribution in [2.24, 2.45) is 0 Å². The van der Waals surface area contributed by atoms with Crippen LogP contribution in [0, 0.1) is 0 Å². The second kappa shape index (κ2) is 4.03. The summed E-state index contributed by atoms with van der Waals surface area (Å²) in [4.78, 5) is 26.3. The molecular weight excluding hydrogens is 164 g/mol. The molecule has 0 aliphatic carbocycles. The van der Waals surface area contributed by atoms with E-state index in [0.29, 0.717) is 0 Å². The normalized spacial score (nSPS) is 22.1. The molecule has 0 saturated carbocycles. The highest BCUT2D eigenvalue weighted by Crippen LogP contribution is 1.93. The summed E-state index contributed by atoms with van der Waals surface area (Å²) in [5.41, 5.74) is 2.12. The summed E-state index contributed by atoms with van der Waals surface area (Å²) in [5.74, 6) is -0.664. The summed E-state index contributed by atoms with van der Waals surface area (Å²) in [6, 6.07) is -0.590. The molecule has 12 heavy (non-hydrogen) atoms. The Morgan fingerprint density at radius 2 is 2.67 bits per heavy atom. The van der Waals surface area contributed by atoms with Gasteiger partial charge >= 0.3 is 0 Å². The molecule has 0 spiro atoms. The zero-order valence-corrected chi connectivity index (χ0v) is 6.62. The molecule has 1 aliphatic heterocycles. The zero-order chi connectivity index (χ0) is 8.97. The van der Waals surface area contributed by atoms with Gasteiger partial charge < -0.3 is 10.1 Å². The molecule has 6 nitrogen and oxygen atoms in total. The largest absolute Gasteiger partial charge is 0.375 e. The lowest BCUT2D eigenvalue weighted by atomic mass is 10.3. The van der Waals surface area contributed by atoms with Crippen LogP contribution in [0.2, 0.25) is 0 Å². The minimum absolute atomic E-state index is 0.0518. The van der Waals surface area contributed by atoms with Gasteiger partial charge in [-0.25, -0.2) is 5.48 Å². The Labute approximate surface area is 69.2 Å². The monoisotopic (exact) mass is 174 g/mol. The molecule has 0 aromatic heterocycles. The Morgan fingerprint density at radius 1 is 1.92 bits per heavy atom. The molecule has 68 valence electrons. The molecule has 1 rings (SSSR count). The lowest BCUT2D eigenvalue weighted by molar-refractivity contribution is -0.130. The Bertz CT molecular complexity index is 194. The molecule has 0 radical (unpaired) electrons. The molecule has 0 aromatic rings. The summed E-state index contributed by atoms with van der Waals surface area (Å²) in [6.45, 7) is 0.109. The Hall–Kier alpha value is -1.14. The van der Waals surface area contributed by atoms with Gasteiger partial charge in [-0.15, -0.1) is 0 Å². The fourth-order valence-electron chi connectivity index (χ4n) is 0.817. The molecule has 0 aromatic carbocycles. The van der Waals surface area contributed by atoms with Crippen molar-refractivity contribution in [3.8, 4) is 0 Å². The van der Waals surface area contributed by atoms with Gasteiger partial charge in [-0.05, 0) is 0 Å². The van der Waals surface area contributed by atoms with E-state index in [9.17, 15) is 9.59 Å². The van der Waals surface area contributed by atoms with Gasteiger partial charge in [-0.3, -0.25) is 14.4 Å². The lowest BCUT2D eigenvalue weighted by Crippen LogP contribution is -2.43. The van der Waals surface area contributed by atoms with Gasteiger partial charge in [-0.1, -0.05) is 0 Å². The highest BCUT2D eigenvalue weighted by molar-refractivity contribution is 5.88. The number of rotatable bonds is 3. The third kappa shape index (κ3) is 2.18. The average molecular weight is 174 g/mol. The first-order chi connectivity index (χ1) is 5.74. The molecule has 1 saturated heterocycles. The van der Waals surface area contributed by atoms with Crippen molar-refractivity contribution in [3.63, 3.8) is 0 Å². The van der Waals surface area contributed by atoms with Gasteiger partial charge in [0.05, 0.1) is 0 Å². The zero-order valence-electron chi connectivity index (χ0n) is 6.62. The molecule has 1 heterocycles. The van der Waals surface area contributed by atoms with E-state index in [-0.39, 0.29) is 25.0 Å². The Kier molecular flexibility index (Phi) is 3.01. The van der Waals surface area contributed by atoms with Gasteiger partial charge in [0, 0.05) is 7.11 Å². The summed E-state index contributed by atoms with van der Waals surface area (Å²) < 4.78 is 4.56. The van der Waals surface area contributed by atoms with Crippen LogP contribution in [-0.4, -0.2) is 38.2 Å². The van der Waals surface area contributed by atoms with E-state index in [1.54, 1.807) is 0 Å². The fraction of sp³-hybridized carbons (Fsp3) is 0.667. The first-order valence-corrected chi connectivity index (χ1v) is 3.44. The molecule has 1 fully saturated rings. The van der Waals surface area contributed by atoms with Crippen molar-refractivity contribution in [3.05, 3.63) is 0 Å². The Morgan fingerprint density at radius 3 is 3.17 bits per heavy atom. The quantitative estimate of drug-likeness (QED) is 0.528. The van der Waals surface area contributed by atoms with Crippen molar-refractivity contribution < 1.29 is 19.2 Å². The SMILES string of the molecule is COCC(=O)N[C@@H]1CONC1=O. The number of carbonyl (C=O) groups is 2. The summed E-state index contributed by atoms with van der Waals surface area (Å²) in [7, 11) is 1.41. The second-order valence-corrected chi connectivity index (χ2v) is 2.33. The van der Waals surface area contributed by atoms with Crippen LogP contribution in [0.5, 0.6) is 0 Å². The number of nitrogens with one attached hydrogen (secondary N) is 2. The number of amides is 2. The van der Waals surface area contributed by atoms with E-state index >= 15 is 0 Å². The minimum Gasteiger partial charge on any atom is -0.375 e. The van der Waals surface area contributed by atoms with Crippen molar-refractivity contribution in [1.82, 2.24) is 10.8 Å². The van der Waals surface area contributed by atoms with E-state index in [4.69, 9.17) is 0 Å². The predicted octanol–water partition coefficient (Wildman–Crippen LogP) is -1.82. The number of hydroxylamine groups is 1. The molecule has 0 unspecified atom stereocenters. The smallest absolute Gasteiger partial charge is 0.268 e. The molecule has 1 atom stereocenters. The first kappa shape index (κ1) is 8.95. The molecule has 2 amide bonds. The molecule has 1 aliphatic rings. The van der Waals surface area contributed by atoms with E-state index in [2.05, 4.69) is 20.4 Å². The lowest BCUT2D eigenvalue weighted by Gasteiger charge is -2.06. The maximum absolute atomic E-state index is 10.9. The average Bonchev–Trinajstić information content (AvgIpc) is 2.37. The van der Waals surface area contributed by atoms with Gasteiger partial charge in [0.2, 0.25) is 5.91 Å². The predicted molar refractivity (Wildman–Crippen MR) is 37.9 cm³/mol. The third-order valence-electron chi connectivity index (χ3n) is 1.35. The van der Waals surface area contributed by atoms with Gasteiger partial charge in [0.25, 0.3) is 5.91 Å². The topological polar surface area (TPSA) is 76.7 Å². The van der Waals surface area contributed by atoms with E-state index in [0.717, 1.165) is 0 Å². The highest BCUT2D eigenvalue weighted by atomic mass is 16.7. The van der Waals surface area contributed by atoms with Crippen LogP contribution < -0.4 is 10.8 Å². The number of hydrogen-bond acceptors (Lipinski definition) is 4. The summed E-state index contributed by atoms with van der Waals surface area (Å²) in [5, 5.41) is 2.43. The van der Waals surface area contributed by atoms with Crippen LogP contribution in [0.15, 0.2) is 0 Å². The van der Waals surface area contributed by atoms with Crippen LogP contribution in [0.25, 0.3) is 0 Å². The second-order valence-electron chi connectivity index (χ2n) is 2.33. The van der Waals surface area contributed by atoms with Crippen LogP contribution in [0.3, 0.4) is 0 Å². The van der Waals surface area contributed by atoms with Gasteiger partial charge in [0.15, 0.2) is 0 Å². The molecule has 2 N–H and O–H groups in total. The van der Waals surface area contributed by atoms with Crippen LogP contribution in [0.4, 0.5) is 0 Å². The van der Waals surface area contributed by atoms with Crippen molar-refractivity contribution in [2.75, 3.05) is 20.3 Å². The third-order valence-corrected chi connectivity index (χ3v) is 1.35.